The molecule has 0 N–H and O–H groups in total. The van der Waals surface area contributed by atoms with E-state index in [0.717, 1.165) is 18.9 Å². The van der Waals surface area contributed by atoms with Crippen molar-refractivity contribution in [3.8, 4) is 0 Å². The molecule has 0 radical (unpaired) electrons. The zero-order valence-corrected chi connectivity index (χ0v) is 16.2. The highest BCUT2D eigenvalue weighted by Crippen LogP contribution is 2.48. The van der Waals surface area contributed by atoms with Crippen molar-refractivity contribution >= 4 is 46.1 Å². The van der Waals surface area contributed by atoms with Crippen molar-refractivity contribution in [2.75, 3.05) is 25.1 Å². The number of ether oxygens (including phenoxy) is 1. The Morgan fingerprint density at radius 2 is 2.00 bits per heavy atom. The van der Waals surface area contributed by atoms with E-state index in [4.69, 9.17) is 11.6 Å². The second kappa shape index (κ2) is 6.90. The number of fused-ring (bicyclic) bond motifs is 3. The average Bonchev–Trinajstić information content (AvgIpc) is 2.97. The molecular weight excluding hydrogens is 405 g/mol. The van der Waals surface area contributed by atoms with Gasteiger partial charge in [0.2, 0.25) is 5.96 Å². The van der Waals surface area contributed by atoms with Crippen LogP contribution in [0.5, 0.6) is 0 Å². The number of nitrogens with zero attached hydrogens (tertiary/aromatic N) is 4. The second-order valence-electron chi connectivity index (χ2n) is 5.69. The lowest BCUT2D eigenvalue weighted by atomic mass is 10.1. The maximum absolute atomic E-state index is 13.9. The summed E-state index contributed by atoms with van der Waals surface area (Å²) < 4.78 is 46.3. The first kappa shape index (κ1) is 19.8. The predicted octanol–water partition coefficient (Wildman–Crippen LogP) is 3.75. The van der Waals surface area contributed by atoms with Gasteiger partial charge in [-0.2, -0.15) is 13.2 Å². The van der Waals surface area contributed by atoms with Gasteiger partial charge < -0.3 is 9.64 Å². The first-order valence-corrected chi connectivity index (χ1v) is 9.25. The number of alkyl halides is 3. The molecule has 0 spiro atoms. The third-order valence-corrected chi connectivity index (χ3v) is 5.42. The largest absolute Gasteiger partial charge is 0.465 e. The van der Waals surface area contributed by atoms with Crippen LogP contribution in [0.4, 0.5) is 18.9 Å². The Morgan fingerprint density at radius 1 is 1.33 bits per heavy atom. The summed E-state index contributed by atoms with van der Waals surface area (Å²) in [5, 5.41) is 0.435. The number of hydrogen-bond acceptors (Lipinski definition) is 7. The zero-order valence-electron chi connectivity index (χ0n) is 14.7. The fraction of sp³-hybridized carbons (Fsp3) is 0.438. The van der Waals surface area contributed by atoms with E-state index >= 15 is 0 Å². The van der Waals surface area contributed by atoms with Crippen LogP contribution < -0.4 is 4.90 Å². The molecule has 1 aromatic carbocycles. The number of carbonyl (C=O) groups is 1. The number of amidine groups is 1. The number of rotatable bonds is 3. The van der Waals surface area contributed by atoms with Gasteiger partial charge in [-0.05, 0) is 43.8 Å². The maximum Gasteiger partial charge on any atom is 0.446 e. The summed E-state index contributed by atoms with van der Waals surface area (Å²) in [6, 6.07) is 4.95. The van der Waals surface area contributed by atoms with Gasteiger partial charge in [0, 0.05) is 23.0 Å². The summed E-state index contributed by atoms with van der Waals surface area (Å²) in [5.74, 6) is -1.59. The van der Waals surface area contributed by atoms with E-state index in [1.807, 2.05) is 0 Å². The number of hydrogen-bond donors (Lipinski definition) is 0. The van der Waals surface area contributed by atoms with E-state index in [1.165, 1.54) is 4.90 Å². The number of methoxy groups -OCH3 is 1. The maximum atomic E-state index is 13.9. The van der Waals surface area contributed by atoms with Crippen LogP contribution in [0, 0.1) is 0 Å². The van der Waals surface area contributed by atoms with Gasteiger partial charge in [0.25, 0.3) is 0 Å². The molecule has 0 bridgehead atoms. The molecule has 1 aromatic rings. The Hall–Kier alpha value is -1.94. The lowest BCUT2D eigenvalue weighted by Gasteiger charge is -2.37. The van der Waals surface area contributed by atoms with E-state index in [0.29, 0.717) is 28.7 Å². The molecule has 3 rings (SSSR count). The van der Waals surface area contributed by atoms with Gasteiger partial charge in [-0.1, -0.05) is 11.6 Å². The number of halogens is 4. The first-order valence-electron chi connectivity index (χ1n) is 8.05. The standard InChI is InChI=1S/C16H16ClF3N4O2S/c1-4-23(5-2)13-21-15(12(25)26-3,16(18,19)20)22-14-24(13)10-7-6-9(17)8-11(10)27-14/h6-8H,4-5H2,1-3H3/t15-/m0/s1. The zero-order chi connectivity index (χ0) is 20.0. The number of aliphatic imine (C=N–C) groups is 2. The molecule has 11 heteroatoms. The summed E-state index contributed by atoms with van der Waals surface area (Å²) in [6.45, 7) is 4.36. The van der Waals surface area contributed by atoms with Crippen LogP contribution in [0.15, 0.2) is 33.1 Å². The third kappa shape index (κ3) is 3.04. The second-order valence-corrected chi connectivity index (χ2v) is 7.14. The van der Waals surface area contributed by atoms with Crippen molar-refractivity contribution < 1.29 is 22.7 Å². The minimum atomic E-state index is -5.06. The molecule has 2 aliphatic rings. The summed E-state index contributed by atoms with van der Waals surface area (Å²) in [5.41, 5.74) is -2.74. The van der Waals surface area contributed by atoms with Gasteiger partial charge in [-0.25, -0.2) is 14.8 Å². The van der Waals surface area contributed by atoms with Gasteiger partial charge in [-0.15, -0.1) is 0 Å². The normalized spacial score (nSPS) is 21.2. The van der Waals surface area contributed by atoms with Crippen LogP contribution in [-0.4, -0.2) is 54.0 Å². The van der Waals surface area contributed by atoms with Crippen molar-refractivity contribution in [2.45, 2.75) is 30.6 Å². The van der Waals surface area contributed by atoms with Crippen molar-refractivity contribution in [2.24, 2.45) is 9.98 Å². The molecule has 27 heavy (non-hydrogen) atoms. The van der Waals surface area contributed by atoms with E-state index in [1.54, 1.807) is 36.9 Å². The van der Waals surface area contributed by atoms with Crippen LogP contribution in [0.3, 0.4) is 0 Å². The van der Waals surface area contributed by atoms with Crippen LogP contribution in [0.1, 0.15) is 13.8 Å². The molecule has 0 aliphatic carbocycles. The van der Waals surface area contributed by atoms with Gasteiger partial charge in [0.15, 0.2) is 5.17 Å². The number of anilines is 1. The van der Waals surface area contributed by atoms with Crippen LogP contribution in [0.2, 0.25) is 5.02 Å². The first-order chi connectivity index (χ1) is 12.7. The molecule has 2 heterocycles. The smallest absolute Gasteiger partial charge is 0.446 e. The van der Waals surface area contributed by atoms with E-state index < -0.39 is 17.8 Å². The number of benzene rings is 1. The molecule has 0 saturated carbocycles. The minimum absolute atomic E-state index is 0.00751. The number of guanidine groups is 1. The third-order valence-electron chi connectivity index (χ3n) is 4.19. The molecule has 2 aliphatic heterocycles. The van der Waals surface area contributed by atoms with Crippen molar-refractivity contribution in [1.29, 1.82) is 0 Å². The summed E-state index contributed by atoms with van der Waals surface area (Å²) >= 11 is 7.01. The Balaban J connectivity index is 2.26. The molecule has 6 nitrogen and oxygen atoms in total. The average molecular weight is 421 g/mol. The summed E-state index contributed by atoms with van der Waals surface area (Å²) in [6.07, 6.45) is -5.06. The highest BCUT2D eigenvalue weighted by molar-refractivity contribution is 8.15. The van der Waals surface area contributed by atoms with E-state index in [2.05, 4.69) is 14.7 Å². The lowest BCUT2D eigenvalue weighted by Crippen LogP contribution is -2.58. The quantitative estimate of drug-likeness (QED) is 0.697. The van der Waals surface area contributed by atoms with Gasteiger partial charge in [0.05, 0.1) is 12.8 Å². The van der Waals surface area contributed by atoms with Crippen molar-refractivity contribution in [3.05, 3.63) is 23.2 Å². The Morgan fingerprint density at radius 3 is 2.56 bits per heavy atom. The summed E-state index contributed by atoms with van der Waals surface area (Å²) in [4.78, 5) is 23.4. The molecule has 1 atom stereocenters. The fourth-order valence-corrected chi connectivity index (χ4v) is 4.15. The number of esters is 1. The van der Waals surface area contributed by atoms with Crippen molar-refractivity contribution in [3.63, 3.8) is 0 Å². The van der Waals surface area contributed by atoms with Gasteiger partial charge >= 0.3 is 17.8 Å². The Bertz CT molecular complexity index is 841. The lowest BCUT2D eigenvalue weighted by molar-refractivity contribution is -0.201. The molecule has 0 fully saturated rings. The number of thioether (sulfide) groups is 1. The van der Waals surface area contributed by atoms with Crippen molar-refractivity contribution in [1.82, 2.24) is 4.90 Å². The Kier molecular flexibility index (Phi) is 5.06. The summed E-state index contributed by atoms with van der Waals surface area (Å²) in [7, 11) is 0.880. The molecule has 146 valence electrons. The van der Waals surface area contributed by atoms with Crippen LogP contribution in [-0.2, 0) is 9.53 Å². The topological polar surface area (TPSA) is 57.5 Å². The van der Waals surface area contributed by atoms with Crippen LogP contribution in [0.25, 0.3) is 0 Å². The van der Waals surface area contributed by atoms with E-state index in [9.17, 15) is 18.0 Å². The van der Waals surface area contributed by atoms with Crippen LogP contribution >= 0.6 is 23.4 Å². The van der Waals surface area contributed by atoms with Gasteiger partial charge in [-0.3, -0.25) is 4.90 Å². The predicted molar refractivity (Wildman–Crippen MR) is 98.4 cm³/mol. The highest BCUT2D eigenvalue weighted by Gasteiger charge is 2.65. The SMILES string of the molecule is CCN(CC)C1=N[C@](C(=O)OC)(C(F)(F)F)N=C2Sc3cc(Cl)ccc3N21. The highest BCUT2D eigenvalue weighted by atomic mass is 35.5. The fourth-order valence-electron chi connectivity index (χ4n) is 2.82. The molecular formula is C16H16ClF3N4O2S. The van der Waals surface area contributed by atoms with Gasteiger partial charge in [0.1, 0.15) is 0 Å². The van der Waals surface area contributed by atoms with E-state index in [-0.39, 0.29) is 11.1 Å². The molecule has 0 saturated heterocycles. The molecule has 0 unspecified atom stereocenters. The molecule has 0 aromatic heterocycles. The number of carbonyl (C=O) groups excluding carboxylic acids is 1. The minimum Gasteiger partial charge on any atom is -0.465 e. The monoisotopic (exact) mass is 420 g/mol. The Labute approximate surface area is 163 Å². The molecule has 0 amide bonds.